The number of benzene rings is 2. The van der Waals surface area contributed by atoms with Crippen LogP contribution in [-0.4, -0.2) is 17.7 Å². The predicted octanol–water partition coefficient (Wildman–Crippen LogP) is 5.29. The number of fused-ring (bicyclic) bond motifs is 2. The molecule has 0 saturated carbocycles. The lowest BCUT2D eigenvalue weighted by atomic mass is 9.85. The summed E-state index contributed by atoms with van der Waals surface area (Å²) in [5.74, 6) is 0.668. The molecule has 1 aliphatic heterocycles. The molecule has 1 N–H and O–H groups in total. The molecule has 1 aliphatic carbocycles. The van der Waals surface area contributed by atoms with Crippen molar-refractivity contribution in [2.45, 2.75) is 58.5 Å². The summed E-state index contributed by atoms with van der Waals surface area (Å²) < 4.78 is 12.0. The van der Waals surface area contributed by atoms with Gasteiger partial charge in [-0.2, -0.15) is 0 Å². The van der Waals surface area contributed by atoms with Crippen molar-refractivity contribution in [2.24, 2.45) is 5.41 Å². The van der Waals surface area contributed by atoms with E-state index in [1.807, 2.05) is 18.2 Å². The monoisotopic (exact) mass is 380 g/mol. The van der Waals surface area contributed by atoms with Gasteiger partial charge in [-0.05, 0) is 47.4 Å². The Morgan fingerprint density at radius 3 is 2.79 bits per heavy atom. The van der Waals surface area contributed by atoms with Gasteiger partial charge in [0, 0.05) is 17.5 Å². The summed E-state index contributed by atoms with van der Waals surface area (Å²) in [7, 11) is 0. The topological polar surface area (TPSA) is 55.8 Å². The largest absolute Gasteiger partial charge is 0.492 e. The molecule has 0 unspecified atom stereocenters. The summed E-state index contributed by atoms with van der Waals surface area (Å²) in [6.07, 6.45) is 3.26. The molecule has 4 heteroatoms. The fourth-order valence-electron chi connectivity index (χ4n) is 4.43. The summed E-state index contributed by atoms with van der Waals surface area (Å²) in [4.78, 5) is 11.0. The summed E-state index contributed by atoms with van der Waals surface area (Å²) in [5, 5.41) is 9.05. The van der Waals surface area contributed by atoms with Gasteiger partial charge in [-0.15, -0.1) is 0 Å². The third-order valence-corrected chi connectivity index (χ3v) is 5.60. The van der Waals surface area contributed by atoms with Gasteiger partial charge in [-0.25, -0.2) is 0 Å². The molecule has 0 fully saturated rings. The fourth-order valence-corrected chi connectivity index (χ4v) is 4.43. The minimum atomic E-state index is -0.796. The van der Waals surface area contributed by atoms with Gasteiger partial charge in [0.15, 0.2) is 0 Å². The number of carbonyl (C=O) groups is 1. The van der Waals surface area contributed by atoms with Gasteiger partial charge < -0.3 is 14.6 Å². The first-order valence-electron chi connectivity index (χ1n) is 10.1. The number of aliphatic carboxylic acids is 1. The van der Waals surface area contributed by atoms with Crippen LogP contribution in [0.3, 0.4) is 0 Å². The summed E-state index contributed by atoms with van der Waals surface area (Å²) in [6, 6.07) is 12.4. The van der Waals surface area contributed by atoms with Crippen LogP contribution in [0.1, 0.15) is 67.9 Å². The van der Waals surface area contributed by atoms with Crippen molar-refractivity contribution in [3.05, 3.63) is 58.7 Å². The molecular formula is C24H28O4. The average Bonchev–Trinajstić information content (AvgIpc) is 3.18. The van der Waals surface area contributed by atoms with Crippen LogP contribution in [0, 0.1) is 5.41 Å². The van der Waals surface area contributed by atoms with E-state index in [0.29, 0.717) is 6.61 Å². The van der Waals surface area contributed by atoms with Crippen molar-refractivity contribution < 1.29 is 19.4 Å². The maximum absolute atomic E-state index is 11.0. The molecule has 0 amide bonds. The molecule has 2 atom stereocenters. The Kier molecular flexibility index (Phi) is 4.82. The van der Waals surface area contributed by atoms with E-state index in [1.165, 1.54) is 16.7 Å². The number of carboxylic acid groups (broad SMARTS) is 1. The lowest BCUT2D eigenvalue weighted by molar-refractivity contribution is -0.137. The van der Waals surface area contributed by atoms with E-state index in [1.54, 1.807) is 0 Å². The first kappa shape index (κ1) is 18.9. The van der Waals surface area contributed by atoms with E-state index in [9.17, 15) is 4.79 Å². The minimum Gasteiger partial charge on any atom is -0.492 e. The zero-order valence-corrected chi connectivity index (χ0v) is 16.8. The smallest absolute Gasteiger partial charge is 0.304 e. The molecule has 0 bridgehead atoms. The molecule has 0 radical (unpaired) electrons. The second-order valence-electron chi connectivity index (χ2n) is 9.17. The van der Waals surface area contributed by atoms with Crippen molar-refractivity contribution in [3.63, 3.8) is 0 Å². The Balaban J connectivity index is 1.52. The minimum absolute atomic E-state index is 0.0594. The van der Waals surface area contributed by atoms with Crippen molar-refractivity contribution >= 4 is 5.97 Å². The van der Waals surface area contributed by atoms with Crippen LogP contribution in [0.4, 0.5) is 0 Å². The maximum atomic E-state index is 11.0. The molecule has 148 valence electrons. The maximum Gasteiger partial charge on any atom is 0.304 e. The van der Waals surface area contributed by atoms with Crippen LogP contribution in [0.5, 0.6) is 11.5 Å². The Hall–Kier alpha value is -2.49. The standard InChI is InChI=1S/C24H28O4/c1-24(2,3)13-15-5-4-6-20-18(15)9-10-21(20)28-17-7-8-19-16(11-23(25)26)14-27-22(19)12-17/h4-8,12,16,21H,9-11,13-14H2,1-3H3,(H,25,26)/t16-,21-/m1/s1. The second-order valence-corrected chi connectivity index (χ2v) is 9.17. The average molecular weight is 380 g/mol. The molecule has 0 saturated heterocycles. The normalized spacial score (nSPS) is 20.4. The number of rotatable bonds is 5. The molecule has 4 rings (SSSR count). The van der Waals surface area contributed by atoms with E-state index >= 15 is 0 Å². The second kappa shape index (κ2) is 7.16. The van der Waals surface area contributed by atoms with Crippen LogP contribution in [-0.2, 0) is 17.6 Å². The fraction of sp³-hybridized carbons (Fsp3) is 0.458. The molecule has 28 heavy (non-hydrogen) atoms. The lowest BCUT2D eigenvalue weighted by Crippen LogP contribution is -2.11. The van der Waals surface area contributed by atoms with E-state index in [2.05, 4.69) is 39.0 Å². The van der Waals surface area contributed by atoms with E-state index in [4.69, 9.17) is 14.6 Å². The molecule has 2 aliphatic rings. The van der Waals surface area contributed by atoms with Gasteiger partial charge in [0.25, 0.3) is 0 Å². The number of hydrogen-bond acceptors (Lipinski definition) is 3. The third kappa shape index (κ3) is 3.87. The lowest BCUT2D eigenvalue weighted by Gasteiger charge is -2.21. The van der Waals surface area contributed by atoms with Crippen LogP contribution in [0.2, 0.25) is 0 Å². The van der Waals surface area contributed by atoms with E-state index in [-0.39, 0.29) is 23.9 Å². The third-order valence-electron chi connectivity index (χ3n) is 5.60. The summed E-state index contributed by atoms with van der Waals surface area (Å²) in [6.45, 7) is 7.25. The molecule has 4 nitrogen and oxygen atoms in total. The van der Waals surface area contributed by atoms with Crippen molar-refractivity contribution in [1.82, 2.24) is 0 Å². The SMILES string of the molecule is CC(C)(C)Cc1cccc2c1CC[C@H]2Oc1ccc2c(c1)OC[C@H]2CC(=O)O. The Morgan fingerprint density at radius 1 is 1.21 bits per heavy atom. The van der Waals surface area contributed by atoms with E-state index in [0.717, 1.165) is 36.3 Å². The highest BCUT2D eigenvalue weighted by Crippen LogP contribution is 2.42. The first-order chi connectivity index (χ1) is 13.3. The van der Waals surface area contributed by atoms with E-state index < -0.39 is 5.97 Å². The highest BCUT2D eigenvalue weighted by atomic mass is 16.5. The Bertz CT molecular complexity index is 894. The van der Waals surface area contributed by atoms with Crippen LogP contribution in [0.15, 0.2) is 36.4 Å². The zero-order valence-electron chi connectivity index (χ0n) is 16.8. The Morgan fingerprint density at radius 2 is 2.04 bits per heavy atom. The van der Waals surface area contributed by atoms with Gasteiger partial charge in [0.1, 0.15) is 17.6 Å². The molecule has 2 aromatic carbocycles. The van der Waals surface area contributed by atoms with Crippen LogP contribution < -0.4 is 9.47 Å². The van der Waals surface area contributed by atoms with Crippen molar-refractivity contribution in [3.8, 4) is 11.5 Å². The van der Waals surface area contributed by atoms with Gasteiger partial charge in [0.05, 0.1) is 13.0 Å². The molecule has 2 aromatic rings. The van der Waals surface area contributed by atoms with Gasteiger partial charge in [-0.3, -0.25) is 4.79 Å². The van der Waals surface area contributed by atoms with Crippen LogP contribution >= 0.6 is 0 Å². The molecule has 1 heterocycles. The Labute approximate surface area is 166 Å². The molecule has 0 spiro atoms. The number of carboxylic acids is 1. The summed E-state index contributed by atoms with van der Waals surface area (Å²) in [5.41, 5.74) is 5.41. The van der Waals surface area contributed by atoms with Gasteiger partial charge in [0.2, 0.25) is 0 Å². The van der Waals surface area contributed by atoms with Gasteiger partial charge in [-0.1, -0.05) is 45.0 Å². The zero-order chi connectivity index (χ0) is 19.9. The van der Waals surface area contributed by atoms with Crippen LogP contribution in [0.25, 0.3) is 0 Å². The highest BCUT2D eigenvalue weighted by Gasteiger charge is 2.29. The van der Waals surface area contributed by atoms with Crippen molar-refractivity contribution in [1.29, 1.82) is 0 Å². The van der Waals surface area contributed by atoms with Gasteiger partial charge >= 0.3 is 5.97 Å². The highest BCUT2D eigenvalue weighted by molar-refractivity contribution is 5.68. The number of hydrogen-bond donors (Lipinski definition) is 1. The quantitative estimate of drug-likeness (QED) is 0.765. The molecular weight excluding hydrogens is 352 g/mol. The number of ether oxygens (including phenoxy) is 2. The first-order valence-corrected chi connectivity index (χ1v) is 10.1. The molecule has 0 aromatic heterocycles. The predicted molar refractivity (Wildman–Crippen MR) is 108 cm³/mol. The summed E-state index contributed by atoms with van der Waals surface area (Å²) >= 11 is 0. The van der Waals surface area contributed by atoms with Crippen molar-refractivity contribution in [2.75, 3.05) is 6.61 Å².